The van der Waals surface area contributed by atoms with Crippen molar-refractivity contribution in [1.29, 1.82) is 5.26 Å². The second-order valence-electron chi connectivity index (χ2n) is 8.03. The summed E-state index contributed by atoms with van der Waals surface area (Å²) in [5.74, 6) is -0.471. The molecule has 190 valence electrons. The van der Waals surface area contributed by atoms with E-state index in [4.69, 9.17) is 21.6 Å². The number of pyridine rings is 1. The summed E-state index contributed by atoms with van der Waals surface area (Å²) in [5, 5.41) is 13.2. The Labute approximate surface area is 220 Å². The molecule has 0 saturated heterocycles. The van der Waals surface area contributed by atoms with Crippen LogP contribution in [0.15, 0.2) is 87.2 Å². The number of benzene rings is 3. The van der Waals surface area contributed by atoms with Crippen LogP contribution in [-0.2, 0) is 10.0 Å². The molecule has 0 radical (unpaired) electrons. The second kappa shape index (κ2) is 9.66. The van der Waals surface area contributed by atoms with Crippen LogP contribution in [-0.4, -0.2) is 25.3 Å². The Balaban J connectivity index is 1.64. The zero-order chi connectivity index (χ0) is 27.0. The minimum absolute atomic E-state index is 0.0129. The van der Waals surface area contributed by atoms with Crippen LogP contribution in [0.2, 0.25) is 5.02 Å². The summed E-state index contributed by atoms with van der Waals surface area (Å²) in [6, 6.07) is 17.2. The number of anilines is 1. The number of hydrogen-bond donors (Lipinski definition) is 1. The normalized spacial score (nSPS) is 11.3. The van der Waals surface area contributed by atoms with Gasteiger partial charge in [-0.05, 0) is 48.0 Å². The molecule has 0 unspecified atom stereocenters. The summed E-state index contributed by atoms with van der Waals surface area (Å²) in [6.07, 6.45) is 1.23. The predicted octanol–water partition coefficient (Wildman–Crippen LogP) is 5.12. The number of fused-ring (bicyclic) bond motifs is 1. The number of nitriles is 1. The predicted molar refractivity (Wildman–Crippen MR) is 139 cm³/mol. The van der Waals surface area contributed by atoms with Crippen LogP contribution in [0.5, 0.6) is 5.75 Å². The van der Waals surface area contributed by atoms with Gasteiger partial charge in [-0.25, -0.2) is 12.8 Å². The van der Waals surface area contributed by atoms with Gasteiger partial charge in [0.05, 0.1) is 33.8 Å². The van der Waals surface area contributed by atoms with Crippen LogP contribution in [0, 0.1) is 17.1 Å². The Morgan fingerprint density at radius 3 is 2.61 bits per heavy atom. The first kappa shape index (κ1) is 25.0. The first-order chi connectivity index (χ1) is 18.2. The van der Waals surface area contributed by atoms with Crippen molar-refractivity contribution >= 4 is 38.3 Å². The van der Waals surface area contributed by atoms with Crippen molar-refractivity contribution in [1.82, 2.24) is 9.72 Å². The summed E-state index contributed by atoms with van der Waals surface area (Å²) in [5.41, 5.74) is 0.763. The van der Waals surface area contributed by atoms with Crippen molar-refractivity contribution in [3.8, 4) is 28.6 Å². The van der Waals surface area contributed by atoms with Crippen LogP contribution in [0.4, 0.5) is 10.2 Å². The molecule has 0 aliphatic heterocycles. The van der Waals surface area contributed by atoms with Gasteiger partial charge < -0.3 is 9.26 Å². The number of ether oxygens (including phenoxy) is 1. The highest BCUT2D eigenvalue weighted by Gasteiger charge is 2.20. The third kappa shape index (κ3) is 4.47. The highest BCUT2D eigenvalue weighted by molar-refractivity contribution is 7.92. The standard InChI is InChI=1S/C26H16ClFN4O5S/c1-36-24-12-19(15-2-3-17(14-29)20(27)11-15)21(28)13-23(24)32-22-6-5-18(10-16(22)4-7-26(32)33)38(34,35)31-25-8-9-37-30-25/h2-13H,1H3,(H,30,31). The maximum absolute atomic E-state index is 15.4. The quantitative estimate of drug-likeness (QED) is 0.311. The van der Waals surface area contributed by atoms with Crippen LogP contribution in [0.1, 0.15) is 5.56 Å². The fourth-order valence-electron chi connectivity index (χ4n) is 3.98. The Hall–Kier alpha value is -4.66. The third-order valence-corrected chi connectivity index (χ3v) is 7.43. The number of rotatable bonds is 6. The molecule has 0 spiro atoms. The zero-order valence-corrected chi connectivity index (χ0v) is 21.0. The van der Waals surface area contributed by atoms with Crippen molar-refractivity contribution in [3.63, 3.8) is 0 Å². The fourth-order valence-corrected chi connectivity index (χ4v) is 5.23. The number of nitrogens with zero attached hydrogens (tertiary/aromatic N) is 3. The molecule has 0 aliphatic carbocycles. The number of sulfonamides is 1. The van der Waals surface area contributed by atoms with Crippen molar-refractivity contribution in [2.75, 3.05) is 11.8 Å². The summed E-state index contributed by atoms with van der Waals surface area (Å²) in [6.45, 7) is 0. The first-order valence-electron chi connectivity index (χ1n) is 10.9. The average molecular weight is 551 g/mol. The van der Waals surface area contributed by atoms with Gasteiger partial charge in [-0.1, -0.05) is 22.8 Å². The summed E-state index contributed by atoms with van der Waals surface area (Å²) in [4.78, 5) is 12.9. The van der Waals surface area contributed by atoms with E-state index in [1.165, 1.54) is 72.5 Å². The lowest BCUT2D eigenvalue weighted by Gasteiger charge is -2.17. The van der Waals surface area contributed by atoms with Crippen molar-refractivity contribution in [3.05, 3.63) is 99.8 Å². The molecular formula is C26H16ClFN4O5S. The van der Waals surface area contributed by atoms with E-state index in [1.807, 2.05) is 6.07 Å². The Kier molecular flexibility index (Phi) is 6.36. The van der Waals surface area contributed by atoms with Gasteiger partial charge in [0.1, 0.15) is 23.9 Å². The van der Waals surface area contributed by atoms with Crippen LogP contribution < -0.4 is 15.0 Å². The molecular weight excluding hydrogens is 535 g/mol. The maximum Gasteiger partial charge on any atom is 0.263 e. The smallest absolute Gasteiger partial charge is 0.263 e. The molecule has 5 rings (SSSR count). The summed E-state index contributed by atoms with van der Waals surface area (Å²) in [7, 11) is -2.62. The Bertz CT molecular complexity index is 1920. The first-order valence-corrected chi connectivity index (χ1v) is 12.7. The highest BCUT2D eigenvalue weighted by atomic mass is 35.5. The van der Waals surface area contributed by atoms with E-state index in [0.717, 1.165) is 6.07 Å². The number of nitrogens with one attached hydrogen (secondary N) is 1. The lowest BCUT2D eigenvalue weighted by Crippen LogP contribution is -2.19. The molecule has 12 heteroatoms. The van der Waals surface area contributed by atoms with E-state index in [2.05, 4.69) is 14.4 Å². The molecule has 1 N–H and O–H groups in total. The van der Waals surface area contributed by atoms with Crippen LogP contribution >= 0.6 is 11.6 Å². The van der Waals surface area contributed by atoms with E-state index in [9.17, 15) is 13.2 Å². The van der Waals surface area contributed by atoms with Gasteiger partial charge >= 0.3 is 0 Å². The van der Waals surface area contributed by atoms with Crippen LogP contribution in [0.3, 0.4) is 0 Å². The van der Waals surface area contributed by atoms with Gasteiger partial charge in [0, 0.05) is 29.1 Å². The molecule has 38 heavy (non-hydrogen) atoms. The Morgan fingerprint density at radius 2 is 1.92 bits per heavy atom. The van der Waals surface area contributed by atoms with Gasteiger partial charge in [0.2, 0.25) is 0 Å². The van der Waals surface area contributed by atoms with E-state index in [0.29, 0.717) is 16.5 Å². The lowest BCUT2D eigenvalue weighted by atomic mass is 10.0. The SMILES string of the molecule is COc1cc(-c2ccc(C#N)c(Cl)c2)c(F)cc1-n1c(=O)ccc2cc(S(=O)(=O)Nc3ccon3)ccc21. The van der Waals surface area contributed by atoms with Gasteiger partial charge in [-0.15, -0.1) is 0 Å². The molecule has 9 nitrogen and oxygen atoms in total. The van der Waals surface area contributed by atoms with Gasteiger partial charge in [-0.3, -0.25) is 14.1 Å². The van der Waals surface area contributed by atoms with E-state index in [-0.39, 0.29) is 38.3 Å². The molecule has 0 aliphatic rings. The zero-order valence-electron chi connectivity index (χ0n) is 19.5. The second-order valence-corrected chi connectivity index (χ2v) is 10.1. The molecule has 2 aromatic heterocycles. The molecule has 0 amide bonds. The molecule has 0 bridgehead atoms. The molecule has 5 aromatic rings. The Morgan fingerprint density at radius 1 is 1.11 bits per heavy atom. The largest absolute Gasteiger partial charge is 0.495 e. The number of aromatic nitrogens is 2. The molecule has 0 atom stereocenters. The topological polar surface area (TPSA) is 127 Å². The van der Waals surface area contributed by atoms with E-state index in [1.54, 1.807) is 6.07 Å². The third-order valence-electron chi connectivity index (χ3n) is 5.76. The van der Waals surface area contributed by atoms with Gasteiger partial charge in [0.15, 0.2) is 5.82 Å². The van der Waals surface area contributed by atoms with Crippen molar-refractivity contribution < 1.29 is 22.1 Å². The molecule has 0 saturated carbocycles. The average Bonchev–Trinajstić information content (AvgIpc) is 3.40. The minimum atomic E-state index is -4.00. The monoisotopic (exact) mass is 550 g/mol. The number of methoxy groups -OCH3 is 1. The number of hydrogen-bond acceptors (Lipinski definition) is 7. The highest BCUT2D eigenvalue weighted by Crippen LogP contribution is 2.35. The van der Waals surface area contributed by atoms with E-state index >= 15 is 4.39 Å². The molecule has 3 aromatic carbocycles. The fraction of sp³-hybridized carbons (Fsp3) is 0.0385. The lowest BCUT2D eigenvalue weighted by molar-refractivity contribution is 0.412. The van der Waals surface area contributed by atoms with Gasteiger partial charge in [-0.2, -0.15) is 5.26 Å². The van der Waals surface area contributed by atoms with Crippen LogP contribution in [0.25, 0.3) is 27.7 Å². The maximum atomic E-state index is 15.4. The number of halogens is 2. The van der Waals surface area contributed by atoms with Gasteiger partial charge in [0.25, 0.3) is 15.6 Å². The van der Waals surface area contributed by atoms with E-state index < -0.39 is 21.4 Å². The summed E-state index contributed by atoms with van der Waals surface area (Å²) < 4.78 is 54.7. The molecule has 2 heterocycles. The molecule has 0 fully saturated rings. The van der Waals surface area contributed by atoms with Crippen molar-refractivity contribution in [2.24, 2.45) is 0 Å². The van der Waals surface area contributed by atoms with Crippen molar-refractivity contribution in [2.45, 2.75) is 4.90 Å². The minimum Gasteiger partial charge on any atom is -0.495 e. The summed E-state index contributed by atoms with van der Waals surface area (Å²) >= 11 is 6.13.